The molecule has 1 aromatic carbocycles. The summed E-state index contributed by atoms with van der Waals surface area (Å²) in [6.07, 6.45) is -9.39. The van der Waals surface area contributed by atoms with Gasteiger partial charge >= 0.3 is 12.4 Å². The summed E-state index contributed by atoms with van der Waals surface area (Å²) in [5.41, 5.74) is 6.37. The molecule has 2 aromatic rings. The van der Waals surface area contributed by atoms with Gasteiger partial charge in [0.15, 0.2) is 17.3 Å². The molecular weight excluding hydrogens is 406 g/mol. The number of anilines is 2. The van der Waals surface area contributed by atoms with E-state index in [1.54, 1.807) is 0 Å². The summed E-state index contributed by atoms with van der Waals surface area (Å²) < 4.78 is 100. The van der Waals surface area contributed by atoms with Crippen LogP contribution in [0.5, 0.6) is 0 Å². The van der Waals surface area contributed by atoms with Gasteiger partial charge in [0.25, 0.3) is 10.0 Å². The van der Waals surface area contributed by atoms with E-state index >= 15 is 0 Å². The molecule has 0 fully saturated rings. The zero-order valence-corrected chi connectivity index (χ0v) is 14.0. The Hall–Kier alpha value is -2.84. The number of halogens is 6. The van der Waals surface area contributed by atoms with E-state index < -0.39 is 56.5 Å². The highest BCUT2D eigenvalue weighted by Gasteiger charge is 2.37. The Labute approximate surface area is 147 Å². The molecule has 0 saturated heterocycles. The van der Waals surface area contributed by atoms with Crippen molar-refractivity contribution in [2.24, 2.45) is 10.2 Å². The fourth-order valence-corrected chi connectivity index (χ4v) is 2.56. The number of azo groups is 1. The first kappa shape index (κ1) is 20.5. The second kappa shape index (κ2) is 6.40. The molecule has 2 rings (SSSR count). The molecule has 1 heterocycles. The first-order valence-corrected chi connectivity index (χ1v) is 8.51. The van der Waals surface area contributed by atoms with E-state index in [1.165, 1.54) is 0 Å². The van der Waals surface area contributed by atoms with Crippen LogP contribution in [0.3, 0.4) is 0 Å². The van der Waals surface area contributed by atoms with Crippen molar-refractivity contribution in [2.75, 3.05) is 17.7 Å². The Morgan fingerprint density at radius 1 is 0.963 bits per heavy atom. The predicted octanol–water partition coefficient (Wildman–Crippen LogP) is 3.31. The van der Waals surface area contributed by atoms with Gasteiger partial charge in [-0.15, -0.1) is 14.3 Å². The lowest BCUT2D eigenvalue weighted by Crippen LogP contribution is -2.14. The Kier molecular flexibility index (Phi) is 4.85. The molecule has 0 spiro atoms. The molecule has 0 aliphatic carbocycles. The minimum atomic E-state index is -5.06. The van der Waals surface area contributed by atoms with Crippen LogP contribution >= 0.6 is 0 Å². The Bertz CT molecular complexity index is 976. The van der Waals surface area contributed by atoms with E-state index in [0.29, 0.717) is 16.2 Å². The highest BCUT2D eigenvalue weighted by molar-refractivity contribution is 7.89. The number of aromatic nitrogens is 2. The van der Waals surface area contributed by atoms with Crippen molar-refractivity contribution in [2.45, 2.75) is 12.4 Å². The molecule has 0 unspecified atom stereocenters. The maximum absolute atomic E-state index is 12.8. The summed E-state index contributed by atoms with van der Waals surface area (Å²) in [6.45, 7) is 0. The van der Waals surface area contributed by atoms with Crippen LogP contribution in [0, 0.1) is 0 Å². The van der Waals surface area contributed by atoms with Crippen molar-refractivity contribution < 1.29 is 34.8 Å². The van der Waals surface area contributed by atoms with E-state index in [0.717, 1.165) is 6.26 Å². The zero-order valence-electron chi connectivity index (χ0n) is 13.2. The van der Waals surface area contributed by atoms with Gasteiger partial charge in [0.05, 0.1) is 23.1 Å². The standard InChI is InChI=1S/C12H10F6N6O2S/c1-27(25,26)24-10(20)8(9(19)23-24)22-21-7-3-5(11(13,14)15)2-6(4-7)12(16,17)18/h2-4H,20H2,1H3,(H2,19,23). The van der Waals surface area contributed by atoms with Gasteiger partial charge in [-0.25, -0.2) is 8.42 Å². The summed E-state index contributed by atoms with van der Waals surface area (Å²) in [6, 6.07) is 0.571. The maximum atomic E-state index is 12.8. The third-order valence-corrected chi connectivity index (χ3v) is 3.95. The van der Waals surface area contributed by atoms with E-state index in [1.807, 2.05) is 0 Å². The average Bonchev–Trinajstić information content (AvgIpc) is 2.78. The highest BCUT2D eigenvalue weighted by atomic mass is 32.2. The van der Waals surface area contributed by atoms with Crippen molar-refractivity contribution in [1.82, 2.24) is 9.19 Å². The minimum absolute atomic E-state index is 0.0799. The van der Waals surface area contributed by atoms with Crippen LogP contribution in [0.25, 0.3) is 0 Å². The van der Waals surface area contributed by atoms with Gasteiger partial charge < -0.3 is 11.5 Å². The first-order valence-electron chi connectivity index (χ1n) is 6.66. The second-order valence-corrected chi connectivity index (χ2v) is 7.00. The first-order chi connectivity index (χ1) is 12.1. The molecule has 0 amide bonds. The monoisotopic (exact) mass is 416 g/mol. The van der Waals surface area contributed by atoms with E-state index in [9.17, 15) is 34.8 Å². The van der Waals surface area contributed by atoms with Gasteiger partial charge in [-0.3, -0.25) is 0 Å². The summed E-state index contributed by atoms with van der Waals surface area (Å²) in [5, 5.41) is 9.98. The third-order valence-electron chi connectivity index (χ3n) is 3.04. The molecule has 0 aliphatic rings. The Morgan fingerprint density at radius 3 is 1.81 bits per heavy atom. The summed E-state index contributed by atoms with van der Waals surface area (Å²) in [5.74, 6) is -1.15. The topological polar surface area (TPSA) is 129 Å². The van der Waals surface area contributed by atoms with Gasteiger partial charge in [-0.1, -0.05) is 0 Å². The summed E-state index contributed by atoms with van der Waals surface area (Å²) in [4.78, 5) is 0. The molecule has 8 nitrogen and oxygen atoms in total. The van der Waals surface area contributed by atoms with E-state index in [4.69, 9.17) is 11.5 Å². The molecule has 0 atom stereocenters. The smallest absolute Gasteiger partial charge is 0.381 e. The van der Waals surface area contributed by atoms with Gasteiger partial charge in [-0.05, 0) is 18.2 Å². The lowest BCUT2D eigenvalue weighted by Gasteiger charge is -2.12. The molecule has 15 heteroatoms. The van der Waals surface area contributed by atoms with Gasteiger partial charge in [0, 0.05) is 0 Å². The van der Waals surface area contributed by atoms with Crippen LogP contribution in [0.1, 0.15) is 11.1 Å². The fourth-order valence-electron chi connectivity index (χ4n) is 1.88. The predicted molar refractivity (Wildman–Crippen MR) is 81.9 cm³/mol. The normalized spacial score (nSPS) is 13.4. The maximum Gasteiger partial charge on any atom is 0.416 e. The Balaban J connectivity index is 2.56. The molecule has 148 valence electrons. The van der Waals surface area contributed by atoms with Crippen LogP contribution in [0.15, 0.2) is 28.4 Å². The van der Waals surface area contributed by atoms with Crippen LogP contribution in [-0.2, 0) is 22.4 Å². The number of hydrogen-bond donors (Lipinski definition) is 2. The Morgan fingerprint density at radius 2 is 1.44 bits per heavy atom. The average molecular weight is 416 g/mol. The van der Waals surface area contributed by atoms with E-state index in [2.05, 4.69) is 15.3 Å². The summed E-state index contributed by atoms with van der Waals surface area (Å²) >= 11 is 0. The number of alkyl halides is 6. The van der Waals surface area contributed by atoms with Crippen molar-refractivity contribution in [3.63, 3.8) is 0 Å². The largest absolute Gasteiger partial charge is 0.416 e. The molecule has 1 aromatic heterocycles. The number of nitrogens with zero attached hydrogens (tertiary/aromatic N) is 4. The van der Waals surface area contributed by atoms with Crippen molar-refractivity contribution in [3.8, 4) is 0 Å². The number of hydrogen-bond acceptors (Lipinski definition) is 7. The lowest BCUT2D eigenvalue weighted by molar-refractivity contribution is -0.143. The second-order valence-electron chi connectivity index (χ2n) is 5.19. The number of rotatable bonds is 3. The fraction of sp³-hybridized carbons (Fsp3) is 0.250. The van der Waals surface area contributed by atoms with Crippen LogP contribution in [0.4, 0.5) is 49.4 Å². The van der Waals surface area contributed by atoms with Crippen LogP contribution in [-0.4, -0.2) is 23.9 Å². The molecule has 0 bridgehead atoms. The molecule has 0 aliphatic heterocycles. The van der Waals surface area contributed by atoms with Gasteiger partial charge in [0.1, 0.15) is 0 Å². The molecular formula is C12H10F6N6O2S. The minimum Gasteiger partial charge on any atom is -0.381 e. The third kappa shape index (κ3) is 4.47. The number of nitrogen functional groups attached to an aromatic ring is 2. The number of nitrogens with two attached hydrogens (primary N) is 2. The SMILES string of the molecule is CS(=O)(=O)n1nc(N)c(N=Nc2cc(C(F)(F)F)cc(C(F)(F)F)c2)c1N. The molecule has 27 heavy (non-hydrogen) atoms. The van der Waals surface area contributed by atoms with Gasteiger partial charge in [0.2, 0.25) is 0 Å². The zero-order chi connectivity index (χ0) is 20.8. The van der Waals surface area contributed by atoms with E-state index in [-0.39, 0.29) is 6.07 Å². The lowest BCUT2D eigenvalue weighted by atomic mass is 10.1. The quantitative estimate of drug-likeness (QED) is 0.586. The highest BCUT2D eigenvalue weighted by Crippen LogP contribution is 2.39. The van der Waals surface area contributed by atoms with Crippen molar-refractivity contribution in [3.05, 3.63) is 29.3 Å². The van der Waals surface area contributed by atoms with Gasteiger partial charge in [-0.2, -0.15) is 31.5 Å². The molecule has 4 N–H and O–H groups in total. The molecule has 0 radical (unpaired) electrons. The van der Waals surface area contributed by atoms with Crippen molar-refractivity contribution in [1.29, 1.82) is 0 Å². The summed E-state index contributed by atoms with van der Waals surface area (Å²) in [7, 11) is -3.97. The van der Waals surface area contributed by atoms with Crippen molar-refractivity contribution >= 4 is 33.0 Å². The number of benzene rings is 1. The molecule has 0 saturated carbocycles. The van der Waals surface area contributed by atoms with Crippen LogP contribution < -0.4 is 11.5 Å². The van der Waals surface area contributed by atoms with Crippen LogP contribution in [0.2, 0.25) is 0 Å².